The van der Waals surface area contributed by atoms with Gasteiger partial charge in [0.15, 0.2) is 0 Å². The average Bonchev–Trinajstić information content (AvgIpc) is 2.71. The number of rotatable bonds is 10. The Labute approximate surface area is 162 Å². The van der Waals surface area contributed by atoms with Gasteiger partial charge in [0.05, 0.1) is 0 Å². The summed E-state index contributed by atoms with van der Waals surface area (Å²) in [5.41, 5.74) is 1.03. The Morgan fingerprint density at radius 3 is 1.19 bits per heavy atom. The van der Waals surface area contributed by atoms with Gasteiger partial charge in [0.1, 0.15) is 0 Å². The first-order valence-corrected chi connectivity index (χ1v) is 8.93. The zero-order chi connectivity index (χ0) is 19.8. The van der Waals surface area contributed by atoms with E-state index in [1.54, 1.807) is 24.3 Å². The molecule has 0 saturated carbocycles. The van der Waals surface area contributed by atoms with E-state index in [-0.39, 0.29) is 11.6 Å². The standard InChI is InChI=1S/C20H22O6S/c1-23-19(24-2)17(21)13-5-9-15(10-6-13)27-16-11-7-14(8-12-16)18(22)20(25-3)26-4/h5-12,19-20H,1-4H3. The van der Waals surface area contributed by atoms with Crippen LogP contribution in [0.25, 0.3) is 0 Å². The fourth-order valence-corrected chi connectivity index (χ4v) is 3.22. The van der Waals surface area contributed by atoms with Crippen molar-refractivity contribution in [1.82, 2.24) is 0 Å². The number of carbonyl (C=O) groups is 2. The van der Waals surface area contributed by atoms with E-state index in [0.29, 0.717) is 11.1 Å². The Morgan fingerprint density at radius 1 is 0.630 bits per heavy atom. The number of hydrogen-bond acceptors (Lipinski definition) is 7. The van der Waals surface area contributed by atoms with Gasteiger partial charge in [0.25, 0.3) is 0 Å². The van der Waals surface area contributed by atoms with Gasteiger partial charge < -0.3 is 18.9 Å². The predicted octanol–water partition coefficient (Wildman–Crippen LogP) is 3.44. The van der Waals surface area contributed by atoms with Crippen molar-refractivity contribution in [3.63, 3.8) is 0 Å². The van der Waals surface area contributed by atoms with Gasteiger partial charge in [-0.2, -0.15) is 0 Å². The third kappa shape index (κ3) is 5.47. The van der Waals surface area contributed by atoms with Crippen LogP contribution in [0.2, 0.25) is 0 Å². The molecule has 0 N–H and O–H groups in total. The first-order valence-electron chi connectivity index (χ1n) is 8.11. The first kappa shape index (κ1) is 21.3. The van der Waals surface area contributed by atoms with E-state index in [1.807, 2.05) is 24.3 Å². The monoisotopic (exact) mass is 390 g/mol. The summed E-state index contributed by atoms with van der Waals surface area (Å²) in [6, 6.07) is 14.3. The molecule has 0 aromatic heterocycles. The molecule has 7 heteroatoms. The Balaban J connectivity index is 2.05. The van der Waals surface area contributed by atoms with E-state index in [0.717, 1.165) is 9.79 Å². The lowest BCUT2D eigenvalue weighted by atomic mass is 10.1. The number of methoxy groups -OCH3 is 4. The van der Waals surface area contributed by atoms with Crippen LogP contribution in [0.5, 0.6) is 0 Å². The highest BCUT2D eigenvalue weighted by molar-refractivity contribution is 7.99. The molecule has 2 rings (SSSR count). The topological polar surface area (TPSA) is 71.1 Å². The summed E-state index contributed by atoms with van der Waals surface area (Å²) in [5.74, 6) is -0.462. The van der Waals surface area contributed by atoms with Gasteiger partial charge in [-0.3, -0.25) is 9.59 Å². The fourth-order valence-electron chi connectivity index (χ4n) is 2.40. The van der Waals surface area contributed by atoms with Crippen molar-refractivity contribution in [2.45, 2.75) is 22.4 Å². The molecular weight excluding hydrogens is 368 g/mol. The van der Waals surface area contributed by atoms with Gasteiger partial charge in [0.2, 0.25) is 24.1 Å². The molecular formula is C20H22O6S. The highest BCUT2D eigenvalue weighted by atomic mass is 32.2. The van der Waals surface area contributed by atoms with E-state index in [2.05, 4.69) is 0 Å². The lowest BCUT2D eigenvalue weighted by Gasteiger charge is -2.12. The molecule has 0 atom stereocenters. The second kappa shape index (κ2) is 10.3. The second-order valence-electron chi connectivity index (χ2n) is 5.49. The number of carbonyl (C=O) groups excluding carboxylic acids is 2. The van der Waals surface area contributed by atoms with Crippen LogP contribution in [0, 0.1) is 0 Å². The summed E-state index contributed by atoms with van der Waals surface area (Å²) in [6.45, 7) is 0. The molecule has 2 aromatic rings. The Bertz CT molecular complexity index is 684. The van der Waals surface area contributed by atoms with E-state index < -0.39 is 12.6 Å². The third-order valence-corrected chi connectivity index (χ3v) is 4.81. The predicted molar refractivity (Wildman–Crippen MR) is 101 cm³/mol. The minimum Gasteiger partial charge on any atom is -0.349 e. The minimum absolute atomic E-state index is 0.231. The Kier molecular flexibility index (Phi) is 8.15. The largest absolute Gasteiger partial charge is 0.349 e. The molecule has 6 nitrogen and oxygen atoms in total. The van der Waals surface area contributed by atoms with Crippen LogP contribution in [-0.2, 0) is 18.9 Å². The van der Waals surface area contributed by atoms with Crippen molar-refractivity contribution in [2.75, 3.05) is 28.4 Å². The molecule has 144 valence electrons. The number of benzene rings is 2. The number of ether oxygens (including phenoxy) is 4. The van der Waals surface area contributed by atoms with Crippen molar-refractivity contribution in [2.24, 2.45) is 0 Å². The summed E-state index contributed by atoms with van der Waals surface area (Å²) >= 11 is 1.52. The van der Waals surface area contributed by atoms with Crippen LogP contribution in [0.3, 0.4) is 0 Å². The van der Waals surface area contributed by atoms with Gasteiger partial charge in [-0.25, -0.2) is 0 Å². The molecule has 2 aromatic carbocycles. The quantitative estimate of drug-likeness (QED) is 0.454. The lowest BCUT2D eigenvalue weighted by molar-refractivity contribution is -0.0742. The molecule has 0 spiro atoms. The van der Waals surface area contributed by atoms with Crippen LogP contribution in [0.4, 0.5) is 0 Å². The molecule has 0 bridgehead atoms. The van der Waals surface area contributed by atoms with E-state index in [1.165, 1.54) is 40.2 Å². The van der Waals surface area contributed by atoms with Crippen molar-refractivity contribution in [3.8, 4) is 0 Å². The summed E-state index contributed by atoms with van der Waals surface area (Å²) in [7, 11) is 5.69. The number of ketones is 2. The molecule has 0 aliphatic carbocycles. The molecule has 0 radical (unpaired) electrons. The zero-order valence-electron chi connectivity index (χ0n) is 15.6. The summed E-state index contributed by atoms with van der Waals surface area (Å²) in [4.78, 5) is 26.3. The van der Waals surface area contributed by atoms with Crippen LogP contribution in [-0.4, -0.2) is 52.6 Å². The highest BCUT2D eigenvalue weighted by Crippen LogP contribution is 2.28. The SMILES string of the molecule is COC(OC)C(=O)c1ccc(Sc2ccc(C(=O)C(OC)OC)cc2)cc1. The highest BCUT2D eigenvalue weighted by Gasteiger charge is 2.19. The summed E-state index contributed by atoms with van der Waals surface area (Å²) in [6.07, 6.45) is -1.81. The van der Waals surface area contributed by atoms with Crippen LogP contribution < -0.4 is 0 Å². The number of hydrogen-bond donors (Lipinski definition) is 0. The minimum atomic E-state index is -0.906. The van der Waals surface area contributed by atoms with Crippen molar-refractivity contribution < 1.29 is 28.5 Å². The smallest absolute Gasteiger partial charge is 0.222 e. The lowest BCUT2D eigenvalue weighted by Crippen LogP contribution is -2.24. The van der Waals surface area contributed by atoms with Gasteiger partial charge in [-0.1, -0.05) is 36.0 Å². The van der Waals surface area contributed by atoms with Gasteiger partial charge in [0, 0.05) is 49.4 Å². The molecule has 27 heavy (non-hydrogen) atoms. The Morgan fingerprint density at radius 2 is 0.926 bits per heavy atom. The van der Waals surface area contributed by atoms with Crippen molar-refractivity contribution in [3.05, 3.63) is 59.7 Å². The molecule has 0 fully saturated rings. The second-order valence-corrected chi connectivity index (χ2v) is 6.63. The normalized spacial score (nSPS) is 11.2. The Hall–Kier alpha value is -2.03. The van der Waals surface area contributed by atoms with Crippen molar-refractivity contribution in [1.29, 1.82) is 0 Å². The first-order chi connectivity index (χ1) is 13.0. The molecule has 0 amide bonds. The maximum absolute atomic E-state index is 12.2. The van der Waals surface area contributed by atoms with Crippen LogP contribution in [0.15, 0.2) is 58.3 Å². The molecule has 0 unspecified atom stereocenters. The van der Waals surface area contributed by atoms with Gasteiger partial charge >= 0.3 is 0 Å². The molecule has 0 aliphatic rings. The number of Topliss-reactive ketones (excluding diaryl/α,β-unsaturated/α-hetero) is 2. The maximum Gasteiger partial charge on any atom is 0.222 e. The molecule has 0 heterocycles. The third-order valence-electron chi connectivity index (χ3n) is 3.80. The van der Waals surface area contributed by atoms with Gasteiger partial charge in [-0.05, 0) is 24.3 Å². The summed E-state index contributed by atoms with van der Waals surface area (Å²) < 4.78 is 19.9. The van der Waals surface area contributed by atoms with E-state index in [9.17, 15) is 9.59 Å². The zero-order valence-corrected chi connectivity index (χ0v) is 16.4. The maximum atomic E-state index is 12.2. The molecule has 0 saturated heterocycles. The fraction of sp³-hybridized carbons (Fsp3) is 0.300. The van der Waals surface area contributed by atoms with Crippen LogP contribution >= 0.6 is 11.8 Å². The average molecular weight is 390 g/mol. The van der Waals surface area contributed by atoms with Crippen LogP contribution in [0.1, 0.15) is 20.7 Å². The van der Waals surface area contributed by atoms with E-state index in [4.69, 9.17) is 18.9 Å². The van der Waals surface area contributed by atoms with Crippen molar-refractivity contribution >= 4 is 23.3 Å². The van der Waals surface area contributed by atoms with E-state index >= 15 is 0 Å². The molecule has 0 aliphatic heterocycles. The van der Waals surface area contributed by atoms with Gasteiger partial charge in [-0.15, -0.1) is 0 Å². The summed E-state index contributed by atoms with van der Waals surface area (Å²) in [5, 5.41) is 0.